The molecule has 0 N–H and O–H groups in total. The van der Waals surface area contributed by atoms with E-state index < -0.39 is 0 Å². The van der Waals surface area contributed by atoms with Crippen molar-refractivity contribution < 1.29 is 4.74 Å². The smallest absolute Gasteiger partial charge is 0.111 e. The number of nitrogens with zero attached hydrogens (tertiary/aromatic N) is 1. The zero-order valence-electron chi connectivity index (χ0n) is 9.45. The summed E-state index contributed by atoms with van der Waals surface area (Å²) in [5.74, 6) is 1.01. The molecule has 0 aromatic heterocycles. The Balaban J connectivity index is 1.75. The maximum atomic E-state index is 5.96. The number of hydrogen-bond donors (Lipinski definition) is 0. The van der Waals surface area contributed by atoms with E-state index in [9.17, 15) is 0 Å². The van der Waals surface area contributed by atoms with Gasteiger partial charge in [-0.25, -0.2) is 0 Å². The van der Waals surface area contributed by atoms with E-state index in [0.29, 0.717) is 11.8 Å². The van der Waals surface area contributed by atoms with Crippen LogP contribution < -0.4 is 0 Å². The van der Waals surface area contributed by atoms with Crippen molar-refractivity contribution in [3.8, 4) is 0 Å². The summed E-state index contributed by atoms with van der Waals surface area (Å²) in [5.41, 5.74) is 0.600. The highest BCUT2D eigenvalue weighted by molar-refractivity contribution is 5.10. The van der Waals surface area contributed by atoms with Gasteiger partial charge in [-0.1, -0.05) is 12.8 Å². The highest BCUT2D eigenvalue weighted by Crippen LogP contribution is 2.55. The predicted molar refractivity (Wildman–Crippen MR) is 58.5 cm³/mol. The molecule has 0 amide bonds. The second-order valence-corrected chi connectivity index (χ2v) is 6.01. The summed E-state index contributed by atoms with van der Waals surface area (Å²) in [7, 11) is 0. The fourth-order valence-electron chi connectivity index (χ4n) is 4.98. The molecule has 0 aromatic rings. The minimum absolute atomic E-state index is 0.506. The van der Waals surface area contributed by atoms with Crippen LogP contribution in [0.4, 0.5) is 0 Å². The van der Waals surface area contributed by atoms with Gasteiger partial charge in [-0.15, -0.1) is 0 Å². The SMILES string of the molecule is C1CCC23CC[C@@H]4COC(CCC2C1)N43. The van der Waals surface area contributed by atoms with Gasteiger partial charge >= 0.3 is 0 Å². The quantitative estimate of drug-likeness (QED) is 0.605. The van der Waals surface area contributed by atoms with Gasteiger partial charge in [0.05, 0.1) is 6.61 Å². The molecule has 4 atom stereocenters. The van der Waals surface area contributed by atoms with Gasteiger partial charge in [-0.05, 0) is 44.4 Å². The summed E-state index contributed by atoms with van der Waals surface area (Å²) in [6.07, 6.45) is 12.0. The largest absolute Gasteiger partial charge is 0.361 e. The van der Waals surface area contributed by atoms with Crippen molar-refractivity contribution in [1.82, 2.24) is 4.90 Å². The van der Waals surface area contributed by atoms with E-state index in [0.717, 1.165) is 18.6 Å². The summed E-state index contributed by atoms with van der Waals surface area (Å²) in [6.45, 7) is 1.03. The Hall–Kier alpha value is -0.0800. The van der Waals surface area contributed by atoms with Crippen molar-refractivity contribution in [3.63, 3.8) is 0 Å². The van der Waals surface area contributed by atoms with E-state index in [1.165, 1.54) is 51.4 Å². The third-order valence-corrected chi connectivity index (χ3v) is 5.54. The molecule has 3 unspecified atom stereocenters. The van der Waals surface area contributed by atoms with E-state index in [2.05, 4.69) is 4.90 Å². The van der Waals surface area contributed by atoms with E-state index >= 15 is 0 Å². The van der Waals surface area contributed by atoms with Gasteiger partial charge in [0.25, 0.3) is 0 Å². The number of ether oxygens (including phenoxy) is 1. The molecule has 4 fully saturated rings. The summed E-state index contributed by atoms with van der Waals surface area (Å²) >= 11 is 0. The van der Waals surface area contributed by atoms with Crippen LogP contribution in [0.1, 0.15) is 51.4 Å². The molecular weight excluding hydrogens is 186 g/mol. The minimum Gasteiger partial charge on any atom is -0.361 e. The topological polar surface area (TPSA) is 12.5 Å². The monoisotopic (exact) mass is 207 g/mol. The van der Waals surface area contributed by atoms with E-state index in [1.54, 1.807) is 0 Å². The van der Waals surface area contributed by atoms with Crippen molar-refractivity contribution in [2.24, 2.45) is 5.92 Å². The van der Waals surface area contributed by atoms with Gasteiger partial charge in [-0.2, -0.15) is 0 Å². The van der Waals surface area contributed by atoms with Crippen molar-refractivity contribution >= 4 is 0 Å². The Bertz CT molecular complexity index is 276. The fraction of sp³-hybridized carbons (Fsp3) is 1.00. The molecule has 84 valence electrons. The number of rotatable bonds is 0. The van der Waals surface area contributed by atoms with Gasteiger partial charge in [0.2, 0.25) is 0 Å². The van der Waals surface area contributed by atoms with Crippen molar-refractivity contribution in [2.45, 2.75) is 69.2 Å². The molecule has 1 saturated carbocycles. The second kappa shape index (κ2) is 2.98. The standard InChI is InChI=1S/C13H21NO/c1-2-7-13-8-6-11-9-15-12(14(11)13)5-4-10(13)3-1/h10-12H,1-9H2/t10?,11-,12?,13?/m1/s1. The normalized spacial score (nSPS) is 54.0. The molecule has 2 heteroatoms. The van der Waals surface area contributed by atoms with Gasteiger partial charge in [-0.3, -0.25) is 4.90 Å². The van der Waals surface area contributed by atoms with Crippen LogP contribution in [0.15, 0.2) is 0 Å². The Kier molecular flexibility index (Phi) is 1.79. The minimum atomic E-state index is 0.506. The van der Waals surface area contributed by atoms with E-state index in [4.69, 9.17) is 4.74 Å². The van der Waals surface area contributed by atoms with Crippen molar-refractivity contribution in [2.75, 3.05) is 6.61 Å². The molecule has 1 aliphatic carbocycles. The first-order valence-electron chi connectivity index (χ1n) is 6.80. The van der Waals surface area contributed by atoms with Crippen LogP contribution in [0, 0.1) is 5.92 Å². The number of piperidine rings is 1. The molecule has 0 aromatic carbocycles. The van der Waals surface area contributed by atoms with E-state index in [1.807, 2.05) is 0 Å². The average molecular weight is 207 g/mol. The highest BCUT2D eigenvalue weighted by atomic mass is 16.5. The lowest BCUT2D eigenvalue weighted by molar-refractivity contribution is -0.101. The van der Waals surface area contributed by atoms with Crippen molar-refractivity contribution in [3.05, 3.63) is 0 Å². The lowest BCUT2D eigenvalue weighted by atomic mass is 9.67. The molecule has 3 heterocycles. The Morgan fingerprint density at radius 2 is 2.00 bits per heavy atom. The molecular formula is C13H21NO. The summed E-state index contributed by atoms with van der Waals surface area (Å²) in [4.78, 5) is 2.82. The zero-order chi connectivity index (χ0) is 9.88. The van der Waals surface area contributed by atoms with Crippen LogP contribution in [-0.2, 0) is 4.74 Å². The third-order valence-electron chi connectivity index (χ3n) is 5.54. The molecule has 0 radical (unpaired) electrons. The Morgan fingerprint density at radius 3 is 3.00 bits per heavy atom. The highest BCUT2D eigenvalue weighted by Gasteiger charge is 2.58. The molecule has 3 aliphatic heterocycles. The Morgan fingerprint density at radius 1 is 1.00 bits per heavy atom. The fourth-order valence-corrected chi connectivity index (χ4v) is 4.98. The van der Waals surface area contributed by atoms with Crippen molar-refractivity contribution in [1.29, 1.82) is 0 Å². The second-order valence-electron chi connectivity index (χ2n) is 6.01. The van der Waals surface area contributed by atoms with Gasteiger partial charge in [0, 0.05) is 11.6 Å². The van der Waals surface area contributed by atoms with Crippen LogP contribution in [-0.4, -0.2) is 29.3 Å². The molecule has 1 spiro atoms. The summed E-state index contributed by atoms with van der Waals surface area (Å²) in [6, 6.07) is 0.788. The van der Waals surface area contributed by atoms with Crippen LogP contribution in [0.3, 0.4) is 0 Å². The van der Waals surface area contributed by atoms with Gasteiger partial charge in [0.15, 0.2) is 0 Å². The first-order valence-corrected chi connectivity index (χ1v) is 6.80. The molecule has 3 saturated heterocycles. The first-order chi connectivity index (χ1) is 7.40. The molecule has 15 heavy (non-hydrogen) atoms. The molecule has 4 aliphatic rings. The van der Waals surface area contributed by atoms with E-state index in [-0.39, 0.29) is 0 Å². The molecule has 4 rings (SSSR count). The first kappa shape index (κ1) is 9.00. The summed E-state index contributed by atoms with van der Waals surface area (Å²) < 4.78 is 5.96. The Labute approximate surface area is 92.0 Å². The summed E-state index contributed by atoms with van der Waals surface area (Å²) in [5, 5.41) is 0. The van der Waals surface area contributed by atoms with Gasteiger partial charge in [0.1, 0.15) is 6.23 Å². The average Bonchev–Trinajstić information content (AvgIpc) is 2.85. The van der Waals surface area contributed by atoms with Crippen LogP contribution in [0.2, 0.25) is 0 Å². The van der Waals surface area contributed by atoms with Crippen LogP contribution in [0.5, 0.6) is 0 Å². The lowest BCUT2D eigenvalue weighted by Crippen LogP contribution is -2.58. The maximum Gasteiger partial charge on any atom is 0.111 e. The van der Waals surface area contributed by atoms with Crippen LogP contribution in [0.25, 0.3) is 0 Å². The van der Waals surface area contributed by atoms with Gasteiger partial charge < -0.3 is 4.74 Å². The predicted octanol–water partition coefficient (Wildman–Crippen LogP) is 2.53. The third kappa shape index (κ3) is 1.03. The maximum absolute atomic E-state index is 5.96. The number of hydrogen-bond acceptors (Lipinski definition) is 2. The zero-order valence-corrected chi connectivity index (χ0v) is 9.45. The molecule has 2 nitrogen and oxygen atoms in total. The lowest BCUT2D eigenvalue weighted by Gasteiger charge is -2.53. The molecule has 0 bridgehead atoms. The van der Waals surface area contributed by atoms with Crippen LogP contribution >= 0.6 is 0 Å².